The SMILES string of the molecule is CC(Nc1cc(Cl)nc(C(C)(C)C)n1)c1cccc(F)c1. The zero-order valence-electron chi connectivity index (χ0n) is 12.6. The van der Waals surface area contributed by atoms with Crippen LogP contribution in [0.5, 0.6) is 0 Å². The molecule has 0 bridgehead atoms. The first-order valence-electron chi connectivity index (χ1n) is 6.83. The Labute approximate surface area is 129 Å². The summed E-state index contributed by atoms with van der Waals surface area (Å²) >= 11 is 6.06. The molecule has 2 aromatic rings. The number of rotatable bonds is 3. The lowest BCUT2D eigenvalue weighted by atomic mass is 9.96. The maximum Gasteiger partial charge on any atom is 0.137 e. The number of benzene rings is 1. The van der Waals surface area contributed by atoms with Crippen molar-refractivity contribution in [3.05, 3.63) is 52.7 Å². The summed E-state index contributed by atoms with van der Waals surface area (Å²) in [5.74, 6) is 1.05. The molecule has 1 heterocycles. The monoisotopic (exact) mass is 307 g/mol. The van der Waals surface area contributed by atoms with Crippen molar-refractivity contribution < 1.29 is 4.39 Å². The molecule has 0 spiro atoms. The minimum Gasteiger partial charge on any atom is -0.363 e. The van der Waals surface area contributed by atoms with E-state index >= 15 is 0 Å². The summed E-state index contributed by atoms with van der Waals surface area (Å²) in [5.41, 5.74) is 0.658. The van der Waals surface area contributed by atoms with Crippen molar-refractivity contribution >= 4 is 17.4 Å². The first-order chi connectivity index (χ1) is 9.75. The third-order valence-electron chi connectivity index (χ3n) is 3.08. The maximum absolute atomic E-state index is 13.3. The summed E-state index contributed by atoms with van der Waals surface area (Å²) < 4.78 is 13.3. The second-order valence-electron chi connectivity index (χ2n) is 6.07. The van der Waals surface area contributed by atoms with Gasteiger partial charge in [-0.2, -0.15) is 0 Å². The molecule has 0 saturated heterocycles. The Balaban J connectivity index is 2.25. The highest BCUT2D eigenvalue weighted by Gasteiger charge is 2.19. The lowest BCUT2D eigenvalue weighted by Gasteiger charge is -2.20. The summed E-state index contributed by atoms with van der Waals surface area (Å²) in [5, 5.41) is 3.63. The van der Waals surface area contributed by atoms with E-state index in [0.29, 0.717) is 16.8 Å². The van der Waals surface area contributed by atoms with Crippen LogP contribution < -0.4 is 5.32 Å². The molecular weight excluding hydrogens is 289 g/mol. The molecule has 1 N–H and O–H groups in total. The molecule has 5 heteroatoms. The minimum atomic E-state index is -0.253. The number of hydrogen-bond donors (Lipinski definition) is 1. The van der Waals surface area contributed by atoms with Crippen LogP contribution in [0.4, 0.5) is 10.2 Å². The van der Waals surface area contributed by atoms with Crippen molar-refractivity contribution in [3.8, 4) is 0 Å². The number of nitrogens with one attached hydrogen (secondary N) is 1. The van der Waals surface area contributed by atoms with Crippen molar-refractivity contribution in [2.24, 2.45) is 0 Å². The van der Waals surface area contributed by atoms with E-state index in [-0.39, 0.29) is 17.3 Å². The van der Waals surface area contributed by atoms with Crippen LogP contribution in [0.15, 0.2) is 30.3 Å². The summed E-state index contributed by atoms with van der Waals surface area (Å²) in [6.07, 6.45) is 0. The van der Waals surface area contributed by atoms with E-state index in [9.17, 15) is 4.39 Å². The van der Waals surface area contributed by atoms with Gasteiger partial charge in [0.15, 0.2) is 0 Å². The highest BCUT2D eigenvalue weighted by molar-refractivity contribution is 6.29. The molecule has 21 heavy (non-hydrogen) atoms. The Morgan fingerprint density at radius 3 is 2.52 bits per heavy atom. The van der Waals surface area contributed by atoms with Crippen molar-refractivity contribution in [3.63, 3.8) is 0 Å². The second-order valence-corrected chi connectivity index (χ2v) is 6.46. The number of halogens is 2. The molecular formula is C16H19ClFN3. The third-order valence-corrected chi connectivity index (χ3v) is 3.27. The first kappa shape index (κ1) is 15.7. The van der Waals surface area contributed by atoms with Gasteiger partial charge < -0.3 is 5.32 Å². The first-order valence-corrected chi connectivity index (χ1v) is 7.20. The molecule has 0 amide bonds. The van der Waals surface area contributed by atoms with Crippen molar-refractivity contribution in [1.82, 2.24) is 9.97 Å². The maximum atomic E-state index is 13.3. The van der Waals surface area contributed by atoms with Gasteiger partial charge in [0.2, 0.25) is 0 Å². The van der Waals surface area contributed by atoms with Crippen LogP contribution in [0.2, 0.25) is 5.15 Å². The van der Waals surface area contributed by atoms with E-state index < -0.39 is 0 Å². The summed E-state index contributed by atoms with van der Waals surface area (Å²) in [7, 11) is 0. The van der Waals surface area contributed by atoms with Gasteiger partial charge >= 0.3 is 0 Å². The summed E-state index contributed by atoms with van der Waals surface area (Å²) in [4.78, 5) is 8.75. The van der Waals surface area contributed by atoms with E-state index in [4.69, 9.17) is 11.6 Å². The fourth-order valence-electron chi connectivity index (χ4n) is 1.91. The molecule has 0 aliphatic carbocycles. The standard InChI is InChI=1S/C16H19ClFN3/c1-10(11-6-5-7-12(18)8-11)19-14-9-13(17)20-15(21-14)16(2,3)4/h5-10H,1-4H3,(H,19,20,21). The van der Waals surface area contributed by atoms with Crippen LogP contribution in [0, 0.1) is 5.82 Å². The van der Waals surface area contributed by atoms with E-state index in [1.807, 2.05) is 33.8 Å². The molecule has 1 aromatic heterocycles. The van der Waals surface area contributed by atoms with Gasteiger partial charge in [-0.1, -0.05) is 44.5 Å². The van der Waals surface area contributed by atoms with E-state index in [1.54, 1.807) is 12.1 Å². The number of hydrogen-bond acceptors (Lipinski definition) is 3. The third kappa shape index (κ3) is 4.14. The predicted molar refractivity (Wildman–Crippen MR) is 84.2 cm³/mol. The van der Waals surface area contributed by atoms with Crippen molar-refractivity contribution in [2.75, 3.05) is 5.32 Å². The van der Waals surface area contributed by atoms with Gasteiger partial charge in [-0.05, 0) is 24.6 Å². The Bertz CT molecular complexity index is 638. The van der Waals surface area contributed by atoms with Gasteiger partial charge in [-0.3, -0.25) is 0 Å². The highest BCUT2D eigenvalue weighted by Crippen LogP contribution is 2.24. The molecule has 1 atom stereocenters. The molecule has 0 fully saturated rings. The van der Waals surface area contributed by atoms with E-state index in [2.05, 4.69) is 15.3 Å². The van der Waals surface area contributed by atoms with E-state index in [0.717, 1.165) is 5.56 Å². The number of nitrogens with zero attached hydrogens (tertiary/aromatic N) is 2. The Morgan fingerprint density at radius 2 is 1.90 bits per heavy atom. The molecule has 0 aliphatic rings. The zero-order valence-corrected chi connectivity index (χ0v) is 13.4. The fraction of sp³-hybridized carbons (Fsp3) is 0.375. The highest BCUT2D eigenvalue weighted by atomic mass is 35.5. The summed E-state index contributed by atoms with van der Waals surface area (Å²) in [6, 6.07) is 8.08. The van der Waals surface area contributed by atoms with Crippen LogP contribution in [0.3, 0.4) is 0 Å². The lowest BCUT2D eigenvalue weighted by Crippen LogP contribution is -2.18. The van der Waals surface area contributed by atoms with Gasteiger partial charge in [0.05, 0.1) is 6.04 Å². The fourth-order valence-corrected chi connectivity index (χ4v) is 2.09. The molecule has 0 saturated carbocycles. The number of aromatic nitrogens is 2. The van der Waals surface area contributed by atoms with Crippen molar-refractivity contribution in [1.29, 1.82) is 0 Å². The normalized spacial score (nSPS) is 13.0. The predicted octanol–water partition coefficient (Wildman–Crippen LogP) is 4.74. The van der Waals surface area contributed by atoms with Crippen LogP contribution in [-0.4, -0.2) is 9.97 Å². The van der Waals surface area contributed by atoms with Crippen LogP contribution in [0.25, 0.3) is 0 Å². The van der Waals surface area contributed by atoms with Gasteiger partial charge in [0, 0.05) is 11.5 Å². The smallest absolute Gasteiger partial charge is 0.137 e. The molecule has 0 aliphatic heterocycles. The van der Waals surface area contributed by atoms with Crippen LogP contribution in [-0.2, 0) is 5.41 Å². The lowest BCUT2D eigenvalue weighted by molar-refractivity contribution is 0.545. The number of anilines is 1. The average Bonchev–Trinajstić information content (AvgIpc) is 2.37. The Kier molecular flexibility index (Phi) is 4.47. The Morgan fingerprint density at radius 1 is 1.19 bits per heavy atom. The molecule has 0 radical (unpaired) electrons. The average molecular weight is 308 g/mol. The van der Waals surface area contributed by atoms with E-state index in [1.165, 1.54) is 12.1 Å². The molecule has 2 rings (SSSR count). The van der Waals surface area contributed by atoms with Crippen LogP contribution >= 0.6 is 11.6 Å². The molecule has 1 aromatic carbocycles. The van der Waals surface area contributed by atoms with Gasteiger partial charge in [-0.25, -0.2) is 14.4 Å². The topological polar surface area (TPSA) is 37.8 Å². The molecule has 1 unspecified atom stereocenters. The van der Waals surface area contributed by atoms with Crippen LogP contribution in [0.1, 0.15) is 45.1 Å². The minimum absolute atomic E-state index is 0.0838. The zero-order chi connectivity index (χ0) is 15.6. The van der Waals surface area contributed by atoms with Gasteiger partial charge in [0.1, 0.15) is 22.6 Å². The summed E-state index contributed by atoms with van der Waals surface area (Å²) in [6.45, 7) is 8.02. The van der Waals surface area contributed by atoms with Gasteiger partial charge in [0.25, 0.3) is 0 Å². The second kappa shape index (κ2) is 5.98. The molecule has 112 valence electrons. The van der Waals surface area contributed by atoms with Gasteiger partial charge in [-0.15, -0.1) is 0 Å². The Hall–Kier alpha value is -1.68. The quantitative estimate of drug-likeness (QED) is 0.832. The largest absolute Gasteiger partial charge is 0.363 e. The van der Waals surface area contributed by atoms with Crippen molar-refractivity contribution in [2.45, 2.75) is 39.2 Å². The molecule has 3 nitrogen and oxygen atoms in total.